The van der Waals surface area contributed by atoms with Crippen molar-refractivity contribution in [3.63, 3.8) is 0 Å². The van der Waals surface area contributed by atoms with E-state index >= 15 is 0 Å². The summed E-state index contributed by atoms with van der Waals surface area (Å²) in [7, 11) is 0. The van der Waals surface area contributed by atoms with Crippen molar-refractivity contribution in [3.05, 3.63) is 0 Å². The van der Waals surface area contributed by atoms with E-state index in [2.05, 4.69) is 34.6 Å². The maximum atomic E-state index is 7.63. The Bertz CT molecular complexity index is 1270. The number of hydrogen-bond acceptors (Lipinski definition) is 0. The molecule has 6 fully saturated rings. The van der Waals surface area contributed by atoms with Crippen molar-refractivity contribution in [2.75, 3.05) is 0 Å². The average Bonchev–Trinajstić information content (AvgIpc) is 3.93. The van der Waals surface area contributed by atoms with E-state index in [4.69, 9.17) is 17.8 Å². The van der Waals surface area contributed by atoms with Gasteiger partial charge in [-0.25, -0.2) is 0 Å². The van der Waals surface area contributed by atoms with Gasteiger partial charge < -0.3 is 0 Å². The fraction of sp³-hybridized carbons (Fsp3) is 1.00. The quantitative estimate of drug-likeness (QED) is 0.264. The molecule has 6 aliphatic rings. The largest absolute Gasteiger partial charge is 0.0651 e. The van der Waals surface area contributed by atoms with Crippen LogP contribution in [0.4, 0.5) is 0 Å². The molecule has 6 saturated carbocycles. The maximum Gasteiger partial charge on any atom is 0.0300 e. The van der Waals surface area contributed by atoms with Crippen LogP contribution >= 0.6 is 0 Å². The lowest BCUT2D eigenvalue weighted by atomic mass is 9.71. The monoisotopic (exact) mass is 888 g/mol. The molecule has 0 heterocycles. The molecule has 0 saturated heterocycles. The van der Waals surface area contributed by atoms with Gasteiger partial charge in [-0.15, -0.1) is 0 Å². The maximum absolute atomic E-state index is 7.63. The van der Waals surface area contributed by atoms with Gasteiger partial charge in [-0.3, -0.25) is 0 Å². The van der Waals surface area contributed by atoms with Crippen LogP contribution in [-0.4, -0.2) is 0 Å². The number of hydrogen-bond donors (Lipinski definition) is 0. The molecular weight excluding hydrogens is 745 g/mol. The lowest BCUT2D eigenvalue weighted by Gasteiger charge is -2.34. The van der Waals surface area contributed by atoms with Crippen LogP contribution in [0.5, 0.6) is 0 Å². The minimum absolute atomic E-state index is 0.0556. The molecule has 6 rings (SSSR count). The lowest BCUT2D eigenvalue weighted by Crippen LogP contribution is -2.22. The zero-order valence-corrected chi connectivity index (χ0v) is 46.6. The summed E-state index contributed by atoms with van der Waals surface area (Å²) < 4.78 is 94.2. The van der Waals surface area contributed by atoms with Gasteiger partial charge in [-0.1, -0.05) is 324 Å². The van der Waals surface area contributed by atoms with Crippen molar-refractivity contribution in [3.8, 4) is 0 Å². The predicted octanol–water partition coefficient (Wildman–Crippen LogP) is 23.3. The second-order valence-corrected chi connectivity index (χ2v) is 24.2. The standard InChI is InChI=1S/C13H24.C8H16.2C7H14.C6H12.C6H14.3C5H12/c1-11-7-9-13(10-8-11)12-5-3-2-4-6-12;1-2-8-6-4-3-5-7-8;1-7-5-3-2-4-6-7;1-2-7-5-3-4-6-7;1-6-4-2-3-5-6;1-5-6(2,3)4;2*1-5(2,3)4;1-4-5(2)3/h11-13H,2-10H2,1H3;8H,2-7H2,1H3;2*7H,2-6H2,1H3;6H,2-5H2,1H3;5H2,1-4H3;2*1-4H3;5H,4H2,1-3H3/i;2D2;7D;2D2;6D;5D2;1D3;;4D2. The van der Waals surface area contributed by atoms with Gasteiger partial charge in [0.25, 0.3) is 0 Å². The van der Waals surface area contributed by atoms with Crippen LogP contribution in [-0.2, 0) is 0 Å². The second-order valence-electron chi connectivity index (χ2n) is 24.2. The normalized spacial score (nSPS) is 28.0. The van der Waals surface area contributed by atoms with Crippen molar-refractivity contribution in [2.45, 2.75) is 337 Å². The molecule has 0 heteroatoms. The van der Waals surface area contributed by atoms with E-state index in [9.17, 15) is 0 Å². The minimum atomic E-state index is -1.81. The summed E-state index contributed by atoms with van der Waals surface area (Å²) >= 11 is 0. The molecule has 62 heavy (non-hydrogen) atoms. The highest BCUT2D eigenvalue weighted by atomic mass is 14.3. The van der Waals surface area contributed by atoms with Crippen LogP contribution in [0.15, 0.2) is 0 Å². The van der Waals surface area contributed by atoms with E-state index in [0.717, 1.165) is 69.1 Å². The Labute approximate surface area is 417 Å². The first-order chi connectivity index (χ1) is 33.4. The van der Waals surface area contributed by atoms with E-state index < -0.39 is 37.8 Å². The smallest absolute Gasteiger partial charge is 0.0300 e. The third-order valence-electron chi connectivity index (χ3n) is 12.6. The Morgan fingerprint density at radius 2 is 0.677 bits per heavy atom. The van der Waals surface area contributed by atoms with Crippen molar-refractivity contribution in [1.82, 2.24) is 0 Å². The first-order valence-corrected chi connectivity index (χ1v) is 26.9. The van der Waals surface area contributed by atoms with E-state index in [-0.39, 0.29) is 23.1 Å². The SMILES string of the molecule is CC(C)(C)C.CC1CCC(C2CCCCC2)CC1.[2H]C([2H])(C)C(C)(C)C.[2H]C([2H])(C)C(C)C.[2H]C([2H])(C)C1CCCC1.[2H]C([2H])(C)C1CCCCC1.[2H]C([2H])([2H])C(C)(C)C.[2H]C1(C)CCCC1.[2H]C1(C)CCCCC1. The van der Waals surface area contributed by atoms with Gasteiger partial charge in [0.1, 0.15) is 0 Å². The summed E-state index contributed by atoms with van der Waals surface area (Å²) in [6.45, 7) is 34.6. The third-order valence-corrected chi connectivity index (χ3v) is 12.6. The van der Waals surface area contributed by atoms with Gasteiger partial charge in [0, 0.05) is 17.8 Å². The Morgan fingerprint density at radius 1 is 0.435 bits per heavy atom. The molecule has 0 amide bonds. The van der Waals surface area contributed by atoms with Gasteiger partial charge in [-0.05, 0) is 76.4 Å². The molecular formula is C62H130. The summed E-state index contributed by atoms with van der Waals surface area (Å²) in [6.07, 6.45) is 31.5. The van der Waals surface area contributed by atoms with Crippen LogP contribution < -0.4 is 0 Å². The predicted molar refractivity (Wildman–Crippen MR) is 292 cm³/mol. The molecule has 0 aliphatic heterocycles. The highest BCUT2D eigenvalue weighted by Crippen LogP contribution is 2.39. The zero-order chi connectivity index (χ0) is 59.6. The van der Waals surface area contributed by atoms with Gasteiger partial charge >= 0.3 is 0 Å². The fourth-order valence-electron chi connectivity index (χ4n) is 8.10. The van der Waals surface area contributed by atoms with Crippen LogP contribution in [0, 0.1) is 63.5 Å². The topological polar surface area (TPSA) is 0 Å². The Kier molecular flexibility index (Phi) is 29.6. The van der Waals surface area contributed by atoms with E-state index in [0.29, 0.717) is 17.3 Å². The molecule has 0 spiro atoms. The van der Waals surface area contributed by atoms with E-state index in [1.165, 1.54) is 96.3 Å². The third kappa shape index (κ3) is 56.1. The molecule has 0 radical (unpaired) electrons. The first kappa shape index (κ1) is 44.5. The molecule has 0 aromatic carbocycles. The lowest BCUT2D eigenvalue weighted by molar-refractivity contribution is 0.173. The molecule has 0 atom stereocenters. The van der Waals surface area contributed by atoms with E-state index in [1.807, 2.05) is 48.5 Å². The summed E-state index contributed by atoms with van der Waals surface area (Å²) in [5, 5.41) is 0. The second kappa shape index (κ2) is 41.2. The van der Waals surface area contributed by atoms with Crippen molar-refractivity contribution < 1.29 is 17.8 Å². The van der Waals surface area contributed by atoms with Crippen LogP contribution in [0.25, 0.3) is 0 Å². The zero-order valence-electron chi connectivity index (χ0n) is 59.6. The summed E-state index contributed by atoms with van der Waals surface area (Å²) in [5.41, 5.74) is -0.292. The van der Waals surface area contributed by atoms with Crippen LogP contribution in [0.2, 0.25) is 0 Å². The summed E-state index contributed by atoms with van der Waals surface area (Å²) in [6, 6.07) is 0. The van der Waals surface area contributed by atoms with Crippen molar-refractivity contribution >= 4 is 0 Å². The highest BCUT2D eigenvalue weighted by Gasteiger charge is 2.27. The fourth-order valence-corrected chi connectivity index (χ4v) is 8.10. The molecule has 0 bridgehead atoms. The highest BCUT2D eigenvalue weighted by molar-refractivity contribution is 4.78. The average molecular weight is 889 g/mol. The van der Waals surface area contributed by atoms with Gasteiger partial charge in [0.2, 0.25) is 0 Å². The molecule has 6 aliphatic carbocycles. The van der Waals surface area contributed by atoms with Gasteiger partial charge in [0.05, 0.1) is 0 Å². The van der Waals surface area contributed by atoms with Crippen molar-refractivity contribution in [1.29, 1.82) is 0 Å². The molecule has 0 N–H and O–H groups in total. The Morgan fingerprint density at radius 3 is 0.887 bits per heavy atom. The molecule has 0 nitrogen and oxygen atoms in total. The molecule has 0 aromatic heterocycles. The molecule has 0 aromatic rings. The first-order valence-electron chi connectivity index (χ1n) is 33.4. The Hall–Kier alpha value is 0. The van der Waals surface area contributed by atoms with E-state index in [1.54, 1.807) is 74.1 Å². The van der Waals surface area contributed by atoms with Gasteiger partial charge in [-0.2, -0.15) is 0 Å². The molecule has 0 unspecified atom stereocenters. The minimum Gasteiger partial charge on any atom is -0.0651 e. The van der Waals surface area contributed by atoms with Gasteiger partial charge in [0.15, 0.2) is 0 Å². The molecule has 378 valence electrons. The Balaban J connectivity index is -0.000000787. The summed E-state index contributed by atoms with van der Waals surface area (Å²) in [4.78, 5) is 0. The number of rotatable bonds is 4. The summed E-state index contributed by atoms with van der Waals surface area (Å²) in [5.74, 6) is 3.96. The van der Waals surface area contributed by atoms with Crippen LogP contribution in [0.1, 0.15) is 355 Å². The van der Waals surface area contributed by atoms with Crippen LogP contribution in [0.3, 0.4) is 0 Å². The van der Waals surface area contributed by atoms with Crippen molar-refractivity contribution in [2.24, 2.45) is 63.5 Å².